The monoisotopic (exact) mass is 787 g/mol. The molecule has 1 aliphatic rings. The van der Waals surface area contributed by atoms with Crippen molar-refractivity contribution in [2.45, 2.75) is 5.41 Å². The standard InChI is InChI=1S/C61H41N/c1-4-17-42(18-5-1)43-31-34-48(35-32-43)62(49-24-16-19-44(39-49)45-33-37-55-53-27-11-10-25-51(53)52-26-12-13-28-54(52)58(55)40-45)50-36-38-57-56-29-14-15-30-59(56)61(60(57)41-50,46-20-6-2-7-21-46)47-22-8-3-9-23-47/h1-41H. The van der Waals surface area contributed by atoms with Crippen LogP contribution in [0.3, 0.4) is 0 Å². The molecule has 0 heterocycles. The van der Waals surface area contributed by atoms with Crippen molar-refractivity contribution in [1.82, 2.24) is 0 Å². The molecule has 1 nitrogen and oxygen atoms in total. The van der Waals surface area contributed by atoms with Crippen LogP contribution in [0, 0.1) is 0 Å². The van der Waals surface area contributed by atoms with Gasteiger partial charge in [-0.15, -0.1) is 0 Å². The summed E-state index contributed by atoms with van der Waals surface area (Å²) in [7, 11) is 0. The Morgan fingerprint density at radius 2 is 0.694 bits per heavy atom. The van der Waals surface area contributed by atoms with Crippen LogP contribution in [-0.4, -0.2) is 0 Å². The number of anilines is 3. The molecule has 62 heavy (non-hydrogen) atoms. The van der Waals surface area contributed by atoms with E-state index in [2.05, 4.69) is 254 Å². The van der Waals surface area contributed by atoms with E-state index in [1.165, 1.54) is 88.0 Å². The van der Waals surface area contributed by atoms with Crippen LogP contribution in [-0.2, 0) is 5.41 Å². The highest BCUT2D eigenvalue weighted by Gasteiger charge is 2.46. The highest BCUT2D eigenvalue weighted by Crippen LogP contribution is 2.57. The van der Waals surface area contributed by atoms with Crippen LogP contribution in [0.2, 0.25) is 0 Å². The first-order valence-corrected chi connectivity index (χ1v) is 21.5. The number of rotatable bonds is 7. The summed E-state index contributed by atoms with van der Waals surface area (Å²) in [6.07, 6.45) is 0. The smallest absolute Gasteiger partial charge is 0.0714 e. The predicted octanol–water partition coefficient (Wildman–Crippen LogP) is 16.3. The van der Waals surface area contributed by atoms with Gasteiger partial charge in [0.2, 0.25) is 0 Å². The molecule has 0 fully saturated rings. The Bertz CT molecular complexity index is 3370. The number of nitrogens with zero attached hydrogens (tertiary/aromatic N) is 1. The third-order valence-corrected chi connectivity index (χ3v) is 13.1. The molecule has 0 aliphatic heterocycles. The van der Waals surface area contributed by atoms with Crippen molar-refractivity contribution in [1.29, 1.82) is 0 Å². The van der Waals surface area contributed by atoms with E-state index in [1.54, 1.807) is 0 Å². The molecule has 0 N–H and O–H groups in total. The fraction of sp³-hybridized carbons (Fsp3) is 0.0164. The Balaban J connectivity index is 1.07. The van der Waals surface area contributed by atoms with Gasteiger partial charge in [0.1, 0.15) is 0 Å². The number of hydrogen-bond acceptors (Lipinski definition) is 1. The molecule has 0 radical (unpaired) electrons. The van der Waals surface area contributed by atoms with Gasteiger partial charge < -0.3 is 4.90 Å². The van der Waals surface area contributed by atoms with Gasteiger partial charge in [-0.3, -0.25) is 0 Å². The minimum absolute atomic E-state index is 0.507. The van der Waals surface area contributed by atoms with E-state index in [4.69, 9.17) is 0 Å². The first kappa shape index (κ1) is 35.9. The molecule has 0 unspecified atom stereocenters. The highest BCUT2D eigenvalue weighted by atomic mass is 15.1. The van der Waals surface area contributed by atoms with E-state index >= 15 is 0 Å². The Labute approximate surface area is 362 Å². The molecule has 0 atom stereocenters. The first-order valence-electron chi connectivity index (χ1n) is 21.5. The summed E-state index contributed by atoms with van der Waals surface area (Å²) in [4.78, 5) is 2.44. The fourth-order valence-electron chi connectivity index (χ4n) is 10.4. The van der Waals surface area contributed by atoms with Gasteiger partial charge in [-0.2, -0.15) is 0 Å². The summed E-state index contributed by atoms with van der Waals surface area (Å²) in [6.45, 7) is 0. The zero-order chi connectivity index (χ0) is 41.0. The minimum Gasteiger partial charge on any atom is -0.310 e. The summed E-state index contributed by atoms with van der Waals surface area (Å²) in [5.74, 6) is 0. The van der Waals surface area contributed by atoms with Crippen molar-refractivity contribution in [3.63, 3.8) is 0 Å². The quantitative estimate of drug-likeness (QED) is 0.145. The summed E-state index contributed by atoms with van der Waals surface area (Å²) in [5.41, 5.74) is 15.2. The van der Waals surface area contributed by atoms with E-state index in [0.717, 1.165) is 17.1 Å². The van der Waals surface area contributed by atoms with Crippen molar-refractivity contribution in [2.75, 3.05) is 4.90 Å². The SMILES string of the molecule is c1ccc(-c2ccc(N(c3cccc(-c4ccc5c6ccccc6c6ccccc6c5c4)c3)c3ccc4c(c3)C(c3ccccc3)(c3ccccc3)c3ccccc3-4)cc2)cc1. The Kier molecular flexibility index (Phi) is 8.47. The molecule has 0 saturated carbocycles. The maximum atomic E-state index is 2.46. The Morgan fingerprint density at radius 3 is 1.35 bits per heavy atom. The molecule has 0 bridgehead atoms. The van der Waals surface area contributed by atoms with Gasteiger partial charge >= 0.3 is 0 Å². The van der Waals surface area contributed by atoms with Crippen molar-refractivity contribution in [2.24, 2.45) is 0 Å². The summed E-state index contributed by atoms with van der Waals surface area (Å²) in [5, 5.41) is 7.68. The van der Waals surface area contributed by atoms with Gasteiger partial charge in [0.25, 0.3) is 0 Å². The third kappa shape index (κ3) is 5.63. The largest absolute Gasteiger partial charge is 0.310 e. The van der Waals surface area contributed by atoms with Gasteiger partial charge in [0.05, 0.1) is 5.41 Å². The lowest BCUT2D eigenvalue weighted by molar-refractivity contribution is 0.768. The maximum Gasteiger partial charge on any atom is 0.0714 e. The molecule has 0 aromatic heterocycles. The van der Waals surface area contributed by atoms with Crippen LogP contribution in [0.15, 0.2) is 249 Å². The van der Waals surface area contributed by atoms with Crippen LogP contribution >= 0.6 is 0 Å². The summed E-state index contributed by atoms with van der Waals surface area (Å²) >= 11 is 0. The molecular formula is C61H41N. The summed E-state index contributed by atoms with van der Waals surface area (Å²) < 4.78 is 0. The van der Waals surface area contributed by atoms with Crippen molar-refractivity contribution in [3.8, 4) is 33.4 Å². The van der Waals surface area contributed by atoms with E-state index in [1.807, 2.05) is 0 Å². The molecule has 0 saturated heterocycles. The molecule has 11 aromatic carbocycles. The van der Waals surface area contributed by atoms with E-state index in [-0.39, 0.29) is 0 Å². The highest BCUT2D eigenvalue weighted by molar-refractivity contribution is 6.25. The van der Waals surface area contributed by atoms with Gasteiger partial charge in [-0.1, -0.05) is 206 Å². The zero-order valence-corrected chi connectivity index (χ0v) is 34.1. The van der Waals surface area contributed by atoms with Crippen LogP contribution in [0.1, 0.15) is 22.3 Å². The lowest BCUT2D eigenvalue weighted by Gasteiger charge is -2.35. The number of benzene rings is 11. The number of fused-ring (bicyclic) bond motifs is 9. The topological polar surface area (TPSA) is 3.24 Å². The Morgan fingerprint density at radius 1 is 0.242 bits per heavy atom. The van der Waals surface area contributed by atoms with Gasteiger partial charge in [0, 0.05) is 17.1 Å². The van der Waals surface area contributed by atoms with Gasteiger partial charge in [0.15, 0.2) is 0 Å². The molecule has 0 amide bonds. The van der Waals surface area contributed by atoms with Crippen LogP contribution in [0.25, 0.3) is 65.7 Å². The average molecular weight is 788 g/mol. The van der Waals surface area contributed by atoms with E-state index in [0.29, 0.717) is 0 Å². The normalized spacial score (nSPS) is 12.6. The average Bonchev–Trinajstić information content (AvgIpc) is 3.65. The molecule has 290 valence electrons. The van der Waals surface area contributed by atoms with Gasteiger partial charge in [-0.25, -0.2) is 0 Å². The van der Waals surface area contributed by atoms with Crippen LogP contribution < -0.4 is 4.90 Å². The van der Waals surface area contributed by atoms with E-state index in [9.17, 15) is 0 Å². The second-order valence-electron chi connectivity index (χ2n) is 16.4. The predicted molar refractivity (Wildman–Crippen MR) is 262 cm³/mol. The Hall–Kier alpha value is -8.00. The molecular weight excluding hydrogens is 747 g/mol. The zero-order valence-electron chi connectivity index (χ0n) is 34.1. The van der Waals surface area contributed by atoms with Crippen LogP contribution in [0.4, 0.5) is 17.1 Å². The van der Waals surface area contributed by atoms with Crippen molar-refractivity contribution < 1.29 is 0 Å². The van der Waals surface area contributed by atoms with E-state index < -0.39 is 5.41 Å². The molecule has 1 aliphatic carbocycles. The lowest BCUT2D eigenvalue weighted by Crippen LogP contribution is -2.28. The second-order valence-corrected chi connectivity index (χ2v) is 16.4. The molecule has 11 aromatic rings. The summed E-state index contributed by atoms with van der Waals surface area (Å²) in [6, 6.07) is 91.6. The minimum atomic E-state index is -0.507. The van der Waals surface area contributed by atoms with Crippen molar-refractivity contribution in [3.05, 3.63) is 271 Å². The lowest BCUT2D eigenvalue weighted by atomic mass is 9.67. The molecule has 0 spiro atoms. The molecule has 12 rings (SSSR count). The number of hydrogen-bond donors (Lipinski definition) is 0. The second kappa shape index (κ2) is 14.6. The molecule has 1 heteroatoms. The third-order valence-electron chi connectivity index (χ3n) is 13.1. The maximum absolute atomic E-state index is 2.46. The van der Waals surface area contributed by atoms with Crippen LogP contribution in [0.5, 0.6) is 0 Å². The first-order chi connectivity index (χ1) is 30.8. The van der Waals surface area contributed by atoms with Crippen molar-refractivity contribution >= 4 is 49.4 Å². The van der Waals surface area contributed by atoms with Gasteiger partial charge in [-0.05, 0) is 130 Å². The fourth-order valence-corrected chi connectivity index (χ4v) is 10.4.